The van der Waals surface area contributed by atoms with E-state index in [1.165, 1.54) is 0 Å². The number of aliphatic hydroxyl groups excluding tert-OH is 4. The van der Waals surface area contributed by atoms with Gasteiger partial charge in [-0.3, -0.25) is 9.11 Å². The molecule has 0 unspecified atom stereocenters. The van der Waals surface area contributed by atoms with Crippen LogP contribution >= 0.6 is 0 Å². The Morgan fingerprint density at radius 3 is 1.63 bits per heavy atom. The maximum atomic E-state index is 10.0. The van der Waals surface area contributed by atoms with Gasteiger partial charge in [0.2, 0.25) is 0 Å². The predicted octanol–water partition coefficient (Wildman–Crippen LogP) is -10.1. The van der Waals surface area contributed by atoms with Crippen LogP contribution in [0.15, 0.2) is 0 Å². The number of carbonyl (C=O) groups is 1. The Morgan fingerprint density at radius 1 is 1.11 bits per heavy atom. The number of aliphatic hydroxyl groups is 4. The minimum absolute atomic E-state index is 0. The molecule has 0 saturated carbocycles. The Bertz CT molecular complexity index is 308. The van der Waals surface area contributed by atoms with Crippen molar-refractivity contribution in [3.05, 3.63) is 0 Å². The summed E-state index contributed by atoms with van der Waals surface area (Å²) < 4.78 is 31.6. The van der Waals surface area contributed by atoms with Crippen LogP contribution < -0.4 is 47.7 Å². The van der Waals surface area contributed by atoms with Crippen molar-refractivity contribution < 1.29 is 84.7 Å². The average molecular weight is 336 g/mol. The zero-order valence-corrected chi connectivity index (χ0v) is 13.4. The van der Waals surface area contributed by atoms with Gasteiger partial charge >= 0.3 is 40.0 Å². The van der Waals surface area contributed by atoms with Crippen molar-refractivity contribution in [1.82, 2.24) is 0 Å². The minimum Gasteiger partial charge on any atom is -1.00 e. The molecular formula is C6H15ClNNaO9S. The Labute approximate surface area is 137 Å². The molecule has 0 amide bonds. The fourth-order valence-electron chi connectivity index (χ4n) is 0.644. The molecule has 0 saturated heterocycles. The van der Waals surface area contributed by atoms with Crippen molar-refractivity contribution in [2.45, 2.75) is 24.4 Å². The first-order valence-corrected chi connectivity index (χ1v) is 5.50. The monoisotopic (exact) mass is 335 g/mol. The molecule has 0 bridgehead atoms. The predicted molar refractivity (Wildman–Crippen MR) is 53.3 cm³/mol. The van der Waals surface area contributed by atoms with E-state index in [9.17, 15) is 4.79 Å². The molecule has 0 aromatic rings. The van der Waals surface area contributed by atoms with E-state index < -0.39 is 41.4 Å². The van der Waals surface area contributed by atoms with Gasteiger partial charge in [0.1, 0.15) is 24.6 Å². The van der Waals surface area contributed by atoms with Crippen molar-refractivity contribution in [3.8, 4) is 0 Å². The minimum atomic E-state index is -4.67. The zero-order chi connectivity index (χ0) is 14.2. The van der Waals surface area contributed by atoms with Crippen LogP contribution in [0.5, 0.6) is 0 Å². The van der Waals surface area contributed by atoms with E-state index in [0.29, 0.717) is 0 Å². The van der Waals surface area contributed by atoms with E-state index in [-0.39, 0.29) is 48.3 Å². The van der Waals surface area contributed by atoms with Gasteiger partial charge in [0.05, 0.1) is 12.6 Å². The molecule has 0 aromatic heterocycles. The summed E-state index contributed by atoms with van der Waals surface area (Å²) >= 11 is 0. The van der Waals surface area contributed by atoms with Crippen LogP contribution in [0.1, 0.15) is 0 Å². The zero-order valence-electron chi connectivity index (χ0n) is 9.87. The largest absolute Gasteiger partial charge is 1.00 e. The van der Waals surface area contributed by atoms with Crippen LogP contribution in [-0.4, -0.2) is 75.2 Å². The van der Waals surface area contributed by atoms with Crippen molar-refractivity contribution in [3.63, 3.8) is 0 Å². The molecular weight excluding hydrogens is 321 g/mol. The molecule has 10 nitrogen and oxygen atoms in total. The molecule has 19 heavy (non-hydrogen) atoms. The number of hydrogen-bond donors (Lipinski definition) is 7. The van der Waals surface area contributed by atoms with Crippen LogP contribution in [-0.2, 0) is 15.2 Å². The number of hydrogen-bond acceptors (Lipinski definition) is 8. The number of halogens is 1. The molecule has 0 aliphatic carbocycles. The Hall–Kier alpha value is 0.630. The molecule has 112 valence electrons. The molecule has 0 aliphatic rings. The Balaban J connectivity index is -0.000000139. The Kier molecular flexibility index (Phi) is 20.0. The summed E-state index contributed by atoms with van der Waals surface area (Å²) in [5.41, 5.74) is 5.04. The molecule has 0 rings (SSSR count). The second kappa shape index (κ2) is 13.6. The van der Waals surface area contributed by atoms with Gasteiger partial charge in [0, 0.05) is 0 Å². The first-order valence-electron chi connectivity index (χ1n) is 4.10. The smallest absolute Gasteiger partial charge is 1.00 e. The van der Waals surface area contributed by atoms with Gasteiger partial charge in [-0.1, -0.05) is 0 Å². The van der Waals surface area contributed by atoms with Gasteiger partial charge < -0.3 is 43.4 Å². The third-order valence-electron chi connectivity index (χ3n) is 1.48. The quantitative estimate of drug-likeness (QED) is 0.144. The maximum absolute atomic E-state index is 10.0. The number of rotatable bonds is 5. The summed E-state index contributed by atoms with van der Waals surface area (Å²) in [4.78, 5) is 10.0. The summed E-state index contributed by atoms with van der Waals surface area (Å²) in [6.45, 7) is -0.705. The van der Waals surface area contributed by atoms with E-state index in [4.69, 9.17) is 43.7 Å². The molecule has 0 spiro atoms. The average Bonchev–Trinajstić information content (AvgIpc) is 2.22. The van der Waals surface area contributed by atoms with Crippen molar-refractivity contribution in [1.29, 1.82) is 0 Å². The molecule has 0 radical (unpaired) electrons. The van der Waals surface area contributed by atoms with Gasteiger partial charge in [-0.2, -0.15) is 8.42 Å². The SMILES string of the molecule is N[C@@H](C=O)[C@@H](O)[C@H](O)[C@H](O)CO.O=S(=O)(O)O.[Cl-].[Na+]. The van der Waals surface area contributed by atoms with Crippen LogP contribution in [0, 0.1) is 0 Å². The first-order chi connectivity index (χ1) is 7.54. The molecule has 0 aromatic carbocycles. The van der Waals surface area contributed by atoms with Crippen molar-refractivity contribution in [2.75, 3.05) is 6.61 Å². The number of aldehydes is 1. The number of nitrogens with two attached hydrogens (primary N) is 1. The molecule has 0 fully saturated rings. The fourth-order valence-corrected chi connectivity index (χ4v) is 0.644. The molecule has 8 N–H and O–H groups in total. The van der Waals surface area contributed by atoms with Crippen molar-refractivity contribution >= 4 is 16.7 Å². The summed E-state index contributed by atoms with van der Waals surface area (Å²) in [6, 6.07) is -1.26. The molecule has 13 heteroatoms. The third-order valence-corrected chi connectivity index (χ3v) is 1.48. The second-order valence-corrected chi connectivity index (χ2v) is 3.79. The maximum Gasteiger partial charge on any atom is 1.00 e. The van der Waals surface area contributed by atoms with Gasteiger partial charge in [0.25, 0.3) is 0 Å². The topological polar surface area (TPSA) is 199 Å². The van der Waals surface area contributed by atoms with E-state index in [1.807, 2.05) is 0 Å². The molecule has 4 atom stereocenters. The summed E-state index contributed by atoms with van der Waals surface area (Å²) in [6.07, 6.45) is -4.43. The van der Waals surface area contributed by atoms with Crippen LogP contribution in [0.3, 0.4) is 0 Å². The van der Waals surface area contributed by atoms with E-state index >= 15 is 0 Å². The molecule has 0 aliphatic heterocycles. The van der Waals surface area contributed by atoms with Gasteiger partial charge in [0.15, 0.2) is 0 Å². The third kappa shape index (κ3) is 18.6. The fraction of sp³-hybridized carbons (Fsp3) is 0.833. The first kappa shape index (κ1) is 27.9. The number of carbonyl (C=O) groups excluding carboxylic acids is 1. The summed E-state index contributed by atoms with van der Waals surface area (Å²) in [5, 5.41) is 35.2. The van der Waals surface area contributed by atoms with E-state index in [0.717, 1.165) is 0 Å². The van der Waals surface area contributed by atoms with E-state index in [1.54, 1.807) is 0 Å². The normalized spacial score (nSPS) is 16.4. The summed E-state index contributed by atoms with van der Waals surface area (Å²) in [7, 11) is -4.67. The second-order valence-electron chi connectivity index (χ2n) is 2.89. The van der Waals surface area contributed by atoms with Gasteiger partial charge in [-0.15, -0.1) is 0 Å². The van der Waals surface area contributed by atoms with Gasteiger partial charge in [-0.05, 0) is 0 Å². The summed E-state index contributed by atoms with van der Waals surface area (Å²) in [5.74, 6) is 0. The Morgan fingerprint density at radius 2 is 1.42 bits per heavy atom. The van der Waals surface area contributed by atoms with Gasteiger partial charge in [-0.25, -0.2) is 0 Å². The van der Waals surface area contributed by atoms with E-state index in [2.05, 4.69) is 0 Å². The standard InChI is InChI=1S/C6H13NO5.ClH.Na.H2O4S/c7-3(1-8)5(11)6(12)4(10)2-9;;;1-5(2,3)4/h1,3-6,9-12H,2,7H2;1H;;(H2,1,2,3,4)/q;;+1;/p-1/t3-,4+,5+,6+;;;/m0.../s1. The van der Waals surface area contributed by atoms with Crippen LogP contribution in [0.2, 0.25) is 0 Å². The van der Waals surface area contributed by atoms with Crippen molar-refractivity contribution in [2.24, 2.45) is 5.73 Å². The van der Waals surface area contributed by atoms with Crippen LogP contribution in [0.4, 0.5) is 0 Å². The van der Waals surface area contributed by atoms with Crippen LogP contribution in [0.25, 0.3) is 0 Å². The molecule has 0 heterocycles.